The molecule has 2 atom stereocenters. The molecule has 2 amide bonds. The molecular formula is C42H33F10N14O9P. The number of carbonyl (C=O) groups excluding carboxylic acids is 2. The van der Waals surface area contributed by atoms with Crippen LogP contribution in [0.1, 0.15) is 11.1 Å². The molecule has 0 spiro atoms. The lowest BCUT2D eigenvalue weighted by molar-refractivity contribution is -0.245. The lowest BCUT2D eigenvalue weighted by Gasteiger charge is -2.32. The largest absolute Gasteiger partial charge is 0.471 e. The van der Waals surface area contributed by atoms with E-state index in [2.05, 4.69) is 45.0 Å². The Morgan fingerprint density at radius 3 is 1.42 bits per heavy atom. The summed E-state index contributed by atoms with van der Waals surface area (Å²) < 4.78 is 165. The first-order chi connectivity index (χ1) is 35.7. The highest BCUT2D eigenvalue weighted by molar-refractivity contribution is 7.46. The van der Waals surface area contributed by atoms with E-state index >= 15 is 0 Å². The summed E-state index contributed by atoms with van der Waals surface area (Å²) in [6.07, 6.45) is -7.38. The van der Waals surface area contributed by atoms with Gasteiger partial charge in [-0.2, -0.15) is 36.5 Å². The predicted octanol–water partition coefficient (Wildman–Crippen LogP) is 5.14. The van der Waals surface area contributed by atoms with Gasteiger partial charge in [0.25, 0.3) is 23.0 Å². The zero-order chi connectivity index (χ0) is 55.4. The zero-order valence-electron chi connectivity index (χ0n) is 37.7. The molecule has 8 rings (SSSR count). The third kappa shape index (κ3) is 12.1. The molecule has 34 heteroatoms. The molecule has 0 radical (unpaired) electrons. The number of amides is 2. The van der Waals surface area contributed by atoms with Gasteiger partial charge in [0.1, 0.15) is 46.9 Å². The number of nitrogens with zero attached hydrogens (tertiary/aromatic N) is 10. The number of phosphoric ester groups is 1. The SMILES string of the molecule is NC(=O)[C@@](CNc1nc(-c2cc(-c3ccon3)n(Cc3ccccc3F)n2)ncc1F)(OP(=O)(O)O)C(F)(F)F.NC(=O)[C@](O)(CNc1nc(-c2cc(-c3ccon3)n(Cc3ccccc3F)n2)ncc1F)C(F)(F)F. The van der Waals surface area contributed by atoms with Crippen molar-refractivity contribution in [1.29, 1.82) is 0 Å². The number of aromatic nitrogens is 10. The molecule has 0 saturated heterocycles. The van der Waals surface area contributed by atoms with Gasteiger partial charge in [-0.05, 0) is 24.3 Å². The van der Waals surface area contributed by atoms with Crippen LogP contribution in [-0.4, -0.2) is 113 Å². The van der Waals surface area contributed by atoms with Crippen molar-refractivity contribution in [2.24, 2.45) is 11.5 Å². The first-order valence-corrected chi connectivity index (χ1v) is 22.4. The molecule has 0 saturated carbocycles. The number of rotatable bonds is 18. The van der Waals surface area contributed by atoms with Crippen LogP contribution in [0.25, 0.3) is 45.8 Å². The first kappa shape index (κ1) is 55.1. The monoisotopic (exact) mass is 1100 g/mol. The number of phosphoric acid groups is 1. The second kappa shape index (κ2) is 21.7. The maximum Gasteiger partial charge on any atom is 0.471 e. The number of anilines is 2. The molecule has 0 unspecified atom stereocenters. The number of aliphatic hydroxyl groups is 1. The summed E-state index contributed by atoms with van der Waals surface area (Å²) in [6.45, 7) is -3.42. The van der Waals surface area contributed by atoms with E-state index in [0.29, 0.717) is 23.8 Å². The lowest BCUT2D eigenvalue weighted by Crippen LogP contribution is -2.61. The van der Waals surface area contributed by atoms with Crippen LogP contribution < -0.4 is 22.1 Å². The molecule has 0 aliphatic heterocycles. The zero-order valence-corrected chi connectivity index (χ0v) is 38.6. The van der Waals surface area contributed by atoms with Crippen LogP contribution in [0.5, 0.6) is 0 Å². The van der Waals surface area contributed by atoms with Gasteiger partial charge < -0.3 is 46.0 Å². The minimum atomic E-state index is -5.93. The Labute approximate surface area is 416 Å². The number of alkyl halides is 6. The van der Waals surface area contributed by atoms with Crippen molar-refractivity contribution < 1.29 is 86.5 Å². The molecule has 6 aromatic heterocycles. The molecule has 6 heterocycles. The molecule has 76 heavy (non-hydrogen) atoms. The lowest BCUT2D eigenvalue weighted by atomic mass is 10.0. The molecule has 2 aromatic carbocycles. The molecule has 0 fully saturated rings. The molecule has 0 bridgehead atoms. The van der Waals surface area contributed by atoms with Gasteiger partial charge >= 0.3 is 20.2 Å². The van der Waals surface area contributed by atoms with E-state index in [0.717, 1.165) is 0 Å². The maximum atomic E-state index is 14.5. The summed E-state index contributed by atoms with van der Waals surface area (Å²) >= 11 is 0. The van der Waals surface area contributed by atoms with Gasteiger partial charge in [0.15, 0.2) is 34.9 Å². The average molecular weight is 1100 g/mol. The van der Waals surface area contributed by atoms with Crippen LogP contribution in [0.2, 0.25) is 0 Å². The number of primary amides is 2. The van der Waals surface area contributed by atoms with Gasteiger partial charge in [0.2, 0.25) is 0 Å². The minimum absolute atomic E-state index is 0.0355. The van der Waals surface area contributed by atoms with Gasteiger partial charge in [0.05, 0.1) is 50.0 Å². The van der Waals surface area contributed by atoms with Gasteiger partial charge in [-0.25, -0.2) is 42.1 Å². The summed E-state index contributed by atoms with van der Waals surface area (Å²) in [5, 5.41) is 29.7. The summed E-state index contributed by atoms with van der Waals surface area (Å²) in [6, 6.07) is 17.6. The van der Waals surface area contributed by atoms with Gasteiger partial charge in [0, 0.05) is 23.3 Å². The average Bonchev–Trinajstić information content (AvgIpc) is 4.20. The molecular weight excluding hydrogens is 1070 g/mol. The van der Waals surface area contributed by atoms with Crippen molar-refractivity contribution in [1.82, 2.24) is 49.8 Å². The van der Waals surface area contributed by atoms with Crippen molar-refractivity contribution in [2.45, 2.75) is 36.6 Å². The Balaban J connectivity index is 0.000000222. The minimum Gasteiger partial charge on any atom is -0.371 e. The Morgan fingerprint density at radius 1 is 0.632 bits per heavy atom. The van der Waals surface area contributed by atoms with E-state index in [1.54, 1.807) is 18.2 Å². The number of benzene rings is 2. The normalized spacial score (nSPS) is 13.5. The van der Waals surface area contributed by atoms with Crippen LogP contribution in [0, 0.1) is 23.3 Å². The Bertz CT molecular complexity index is 3410. The van der Waals surface area contributed by atoms with Crippen LogP contribution in [0.4, 0.5) is 55.5 Å². The fourth-order valence-corrected chi connectivity index (χ4v) is 7.27. The Kier molecular flexibility index (Phi) is 15.7. The summed E-state index contributed by atoms with van der Waals surface area (Å²) in [5.74, 6) is -10.1. The molecule has 8 aromatic rings. The molecule has 400 valence electrons. The topological polar surface area (TPSA) is 336 Å². The first-order valence-electron chi connectivity index (χ1n) is 20.9. The van der Waals surface area contributed by atoms with Crippen molar-refractivity contribution >= 4 is 31.3 Å². The van der Waals surface area contributed by atoms with E-state index in [-0.39, 0.29) is 58.6 Å². The summed E-state index contributed by atoms with van der Waals surface area (Å²) in [4.78, 5) is 56.0. The highest BCUT2D eigenvalue weighted by atomic mass is 31.2. The van der Waals surface area contributed by atoms with E-state index in [9.17, 15) is 63.2 Å². The Hall–Kier alpha value is -8.65. The van der Waals surface area contributed by atoms with E-state index in [1.807, 2.05) is 10.6 Å². The van der Waals surface area contributed by atoms with Crippen molar-refractivity contribution in [2.75, 3.05) is 23.7 Å². The fraction of sp³-hybridized carbons (Fsp3) is 0.190. The van der Waals surface area contributed by atoms with Crippen molar-refractivity contribution in [3.8, 4) is 45.8 Å². The third-order valence-corrected chi connectivity index (χ3v) is 11.0. The second-order valence-electron chi connectivity index (χ2n) is 15.6. The van der Waals surface area contributed by atoms with E-state index < -0.39 is 91.2 Å². The summed E-state index contributed by atoms with van der Waals surface area (Å²) in [7, 11) is -5.93. The molecule has 0 aliphatic rings. The highest BCUT2D eigenvalue weighted by Gasteiger charge is 2.64. The number of halogens is 10. The quantitative estimate of drug-likeness (QED) is 0.0432. The fourth-order valence-electron chi connectivity index (χ4n) is 6.61. The molecule has 9 N–H and O–H groups in total. The van der Waals surface area contributed by atoms with E-state index in [1.165, 1.54) is 76.5 Å². The molecule has 0 aliphatic carbocycles. The maximum absolute atomic E-state index is 14.5. The number of nitrogens with two attached hydrogens (primary N) is 2. The predicted molar refractivity (Wildman–Crippen MR) is 237 cm³/mol. The van der Waals surface area contributed by atoms with Crippen LogP contribution in [0.3, 0.4) is 0 Å². The number of hydrogen-bond acceptors (Lipinski definition) is 17. The Morgan fingerprint density at radius 2 is 1.07 bits per heavy atom. The number of nitrogens with one attached hydrogen (secondary N) is 2. The van der Waals surface area contributed by atoms with Gasteiger partial charge in [-0.1, -0.05) is 46.7 Å². The standard InChI is InChI=1S/C21H17F5N7O6P.C21H16F5N7O3/c22-12-4-2-1-3-11(12)9-33-16(14-5-6-38-32-14)7-15(31-33)18-28-8-13(23)17(30-18)29-10-20(19(27)34,21(24,25)26)39-40(35,36)37;22-12-4-2-1-3-11(12)9-33-16(14-5-6-36-32-14)7-15(31-33)18-28-8-13(23)17(30-18)29-10-20(35,19(27)34)21(24,25)26/h1-8H,9-10H2,(H2,27,34)(H,28,29,30)(H2,35,36,37);1-8,35H,9-10H2,(H2,27,34)(H,28,29,30)/t2*20-/m11/s1. The number of hydrogen-bond donors (Lipinski definition) is 7. The van der Waals surface area contributed by atoms with Crippen LogP contribution >= 0.6 is 7.82 Å². The van der Waals surface area contributed by atoms with E-state index in [4.69, 9.17) is 30.3 Å². The van der Waals surface area contributed by atoms with Crippen LogP contribution in [-0.2, 0) is 31.8 Å². The third-order valence-electron chi connectivity index (χ3n) is 10.5. The second-order valence-corrected chi connectivity index (χ2v) is 16.7. The van der Waals surface area contributed by atoms with Gasteiger partial charge in [-0.3, -0.25) is 23.5 Å². The number of carbonyl (C=O) groups is 2. The van der Waals surface area contributed by atoms with Gasteiger partial charge in [-0.15, -0.1) is 0 Å². The highest BCUT2D eigenvalue weighted by Crippen LogP contribution is 2.48. The smallest absolute Gasteiger partial charge is 0.371 e. The van der Waals surface area contributed by atoms with Crippen LogP contribution in [0.15, 0.2) is 107 Å². The van der Waals surface area contributed by atoms with Crippen molar-refractivity contribution in [3.63, 3.8) is 0 Å². The van der Waals surface area contributed by atoms with Crippen molar-refractivity contribution in [3.05, 3.63) is 132 Å². The molecule has 23 nitrogen and oxygen atoms in total. The summed E-state index contributed by atoms with van der Waals surface area (Å²) in [5.41, 5.74) is 2.97.